The van der Waals surface area contributed by atoms with E-state index in [2.05, 4.69) is 4.98 Å². The number of nitrogens with zero attached hydrogens (tertiary/aromatic N) is 1. The Hall–Kier alpha value is -2.81. The maximum absolute atomic E-state index is 9.36. The number of benzene rings is 2. The smallest absolute Gasteiger partial charge is 0.131 e. The first-order valence-corrected chi connectivity index (χ1v) is 6.34. The van der Waals surface area contributed by atoms with Crippen molar-refractivity contribution in [2.45, 2.75) is 0 Å². The molecule has 0 fully saturated rings. The Labute approximate surface area is 117 Å². The molecule has 20 heavy (non-hydrogen) atoms. The predicted molar refractivity (Wildman–Crippen MR) is 81.2 cm³/mol. The van der Waals surface area contributed by atoms with Crippen molar-refractivity contribution in [3.63, 3.8) is 0 Å². The van der Waals surface area contributed by atoms with Crippen LogP contribution in [0.25, 0.3) is 22.3 Å². The van der Waals surface area contributed by atoms with E-state index in [9.17, 15) is 5.11 Å². The summed E-state index contributed by atoms with van der Waals surface area (Å²) < 4.78 is 0. The molecule has 1 heterocycles. The van der Waals surface area contributed by atoms with Gasteiger partial charge in [-0.15, -0.1) is 0 Å². The van der Waals surface area contributed by atoms with Crippen LogP contribution < -0.4 is 5.73 Å². The molecule has 1 aromatic heterocycles. The average Bonchev–Trinajstić information content (AvgIpc) is 2.50. The minimum atomic E-state index is 0.236. The lowest BCUT2D eigenvalue weighted by Gasteiger charge is -2.08. The van der Waals surface area contributed by atoms with Crippen LogP contribution in [0.2, 0.25) is 0 Å². The number of phenolic OH excluding ortho intramolecular Hbond substituents is 1. The number of anilines is 1. The van der Waals surface area contributed by atoms with E-state index in [1.807, 2.05) is 48.5 Å². The van der Waals surface area contributed by atoms with Crippen LogP contribution in [-0.4, -0.2) is 10.1 Å². The van der Waals surface area contributed by atoms with E-state index in [0.717, 1.165) is 22.3 Å². The Morgan fingerprint density at radius 1 is 0.800 bits per heavy atom. The maximum Gasteiger partial charge on any atom is 0.131 e. The molecule has 3 aromatic rings. The summed E-state index contributed by atoms with van der Waals surface area (Å²) in [5.41, 5.74) is 9.88. The van der Waals surface area contributed by atoms with Crippen molar-refractivity contribution in [2.24, 2.45) is 0 Å². The van der Waals surface area contributed by atoms with Crippen molar-refractivity contribution >= 4 is 5.82 Å². The first kappa shape index (κ1) is 12.2. The van der Waals surface area contributed by atoms with Crippen LogP contribution in [0.15, 0.2) is 66.9 Å². The van der Waals surface area contributed by atoms with Gasteiger partial charge in [0.05, 0.1) is 0 Å². The molecule has 0 bridgehead atoms. The highest BCUT2D eigenvalue weighted by atomic mass is 16.3. The number of aromatic hydroxyl groups is 1. The Balaban J connectivity index is 2.10. The number of pyridine rings is 1. The lowest BCUT2D eigenvalue weighted by Crippen LogP contribution is -1.94. The number of aromatic nitrogens is 1. The molecule has 0 aliphatic rings. The van der Waals surface area contributed by atoms with Gasteiger partial charge in [-0.05, 0) is 29.3 Å². The van der Waals surface area contributed by atoms with Crippen LogP contribution in [0, 0.1) is 0 Å². The summed E-state index contributed by atoms with van der Waals surface area (Å²) in [4.78, 5) is 4.27. The highest BCUT2D eigenvalue weighted by molar-refractivity contribution is 5.79. The molecule has 3 rings (SSSR count). The second-order valence-electron chi connectivity index (χ2n) is 4.57. The molecular weight excluding hydrogens is 248 g/mol. The number of nitrogen functional groups attached to an aromatic ring is 1. The minimum Gasteiger partial charge on any atom is -0.508 e. The topological polar surface area (TPSA) is 59.1 Å². The van der Waals surface area contributed by atoms with Crippen molar-refractivity contribution in [1.29, 1.82) is 0 Å². The van der Waals surface area contributed by atoms with Crippen LogP contribution in [0.4, 0.5) is 5.82 Å². The van der Waals surface area contributed by atoms with Crippen LogP contribution in [0.1, 0.15) is 0 Å². The van der Waals surface area contributed by atoms with E-state index in [1.165, 1.54) is 0 Å². The quantitative estimate of drug-likeness (QED) is 0.740. The normalized spacial score (nSPS) is 10.4. The molecule has 0 spiro atoms. The van der Waals surface area contributed by atoms with Crippen molar-refractivity contribution in [2.75, 3.05) is 5.73 Å². The minimum absolute atomic E-state index is 0.236. The van der Waals surface area contributed by atoms with Crippen LogP contribution in [0.5, 0.6) is 5.75 Å². The van der Waals surface area contributed by atoms with E-state index < -0.39 is 0 Å². The van der Waals surface area contributed by atoms with Crippen molar-refractivity contribution < 1.29 is 5.11 Å². The van der Waals surface area contributed by atoms with Gasteiger partial charge in [0.2, 0.25) is 0 Å². The third-order valence-electron chi connectivity index (χ3n) is 3.20. The zero-order valence-electron chi connectivity index (χ0n) is 10.8. The van der Waals surface area contributed by atoms with E-state index >= 15 is 0 Å². The van der Waals surface area contributed by atoms with Gasteiger partial charge in [-0.2, -0.15) is 0 Å². The standard InChI is InChI=1S/C17H14N2O/c18-17-16(13-6-8-15(20)9-7-13)10-14(11-19-17)12-4-2-1-3-5-12/h1-11,20H,(H2,18,19). The summed E-state index contributed by atoms with van der Waals surface area (Å²) in [5.74, 6) is 0.717. The third kappa shape index (κ3) is 2.34. The van der Waals surface area contributed by atoms with E-state index in [4.69, 9.17) is 5.73 Å². The van der Waals surface area contributed by atoms with E-state index in [0.29, 0.717) is 5.82 Å². The number of rotatable bonds is 2. The van der Waals surface area contributed by atoms with Crippen LogP contribution in [0.3, 0.4) is 0 Å². The number of phenols is 1. The number of hydrogen-bond acceptors (Lipinski definition) is 3. The summed E-state index contributed by atoms with van der Waals surface area (Å²) in [6.45, 7) is 0. The van der Waals surface area contributed by atoms with E-state index in [-0.39, 0.29) is 5.75 Å². The fourth-order valence-electron chi connectivity index (χ4n) is 2.14. The predicted octanol–water partition coefficient (Wildman–Crippen LogP) is 3.70. The zero-order valence-corrected chi connectivity index (χ0v) is 10.8. The van der Waals surface area contributed by atoms with Crippen LogP contribution >= 0.6 is 0 Å². The molecular formula is C17H14N2O. The van der Waals surface area contributed by atoms with E-state index in [1.54, 1.807) is 18.3 Å². The SMILES string of the molecule is Nc1ncc(-c2ccccc2)cc1-c1ccc(O)cc1. The maximum atomic E-state index is 9.36. The second kappa shape index (κ2) is 5.05. The Bertz CT molecular complexity index is 722. The fourth-order valence-corrected chi connectivity index (χ4v) is 2.14. The number of nitrogens with two attached hydrogens (primary N) is 1. The molecule has 0 saturated heterocycles. The first-order chi connectivity index (χ1) is 9.74. The Morgan fingerprint density at radius 3 is 2.20 bits per heavy atom. The molecule has 0 unspecified atom stereocenters. The highest BCUT2D eigenvalue weighted by Gasteiger charge is 2.07. The lowest BCUT2D eigenvalue weighted by molar-refractivity contribution is 0.475. The summed E-state index contributed by atoms with van der Waals surface area (Å²) in [6.07, 6.45) is 1.77. The zero-order chi connectivity index (χ0) is 13.9. The molecule has 2 aromatic carbocycles. The number of hydrogen-bond donors (Lipinski definition) is 2. The van der Waals surface area contributed by atoms with Crippen molar-refractivity contribution in [1.82, 2.24) is 4.98 Å². The molecule has 3 N–H and O–H groups in total. The summed E-state index contributed by atoms with van der Waals surface area (Å²) in [6, 6.07) is 19.0. The van der Waals surface area contributed by atoms with Gasteiger partial charge in [0.15, 0.2) is 0 Å². The van der Waals surface area contributed by atoms with Gasteiger partial charge < -0.3 is 10.8 Å². The van der Waals surface area contributed by atoms with Gasteiger partial charge in [0.1, 0.15) is 11.6 Å². The molecule has 0 aliphatic heterocycles. The molecule has 3 nitrogen and oxygen atoms in total. The Kier molecular flexibility index (Phi) is 3.09. The second-order valence-corrected chi connectivity index (χ2v) is 4.57. The van der Waals surface area contributed by atoms with Crippen LogP contribution in [-0.2, 0) is 0 Å². The molecule has 0 amide bonds. The van der Waals surface area contributed by atoms with Gasteiger partial charge in [-0.25, -0.2) is 4.98 Å². The van der Waals surface area contributed by atoms with Gasteiger partial charge in [0.25, 0.3) is 0 Å². The third-order valence-corrected chi connectivity index (χ3v) is 3.20. The van der Waals surface area contributed by atoms with Gasteiger partial charge >= 0.3 is 0 Å². The summed E-state index contributed by atoms with van der Waals surface area (Å²) >= 11 is 0. The molecule has 0 saturated carbocycles. The molecule has 98 valence electrons. The molecule has 0 atom stereocenters. The van der Waals surface area contributed by atoms with Gasteiger partial charge in [0, 0.05) is 17.3 Å². The first-order valence-electron chi connectivity index (χ1n) is 6.34. The van der Waals surface area contributed by atoms with Crippen molar-refractivity contribution in [3.05, 3.63) is 66.9 Å². The highest BCUT2D eigenvalue weighted by Crippen LogP contribution is 2.30. The summed E-state index contributed by atoms with van der Waals surface area (Å²) in [5, 5.41) is 9.36. The average molecular weight is 262 g/mol. The Morgan fingerprint density at radius 2 is 1.50 bits per heavy atom. The largest absolute Gasteiger partial charge is 0.508 e. The van der Waals surface area contributed by atoms with Gasteiger partial charge in [-0.1, -0.05) is 42.5 Å². The molecule has 3 heteroatoms. The lowest BCUT2D eigenvalue weighted by atomic mass is 10.0. The molecule has 0 radical (unpaired) electrons. The summed E-state index contributed by atoms with van der Waals surface area (Å²) in [7, 11) is 0. The monoisotopic (exact) mass is 262 g/mol. The molecule has 0 aliphatic carbocycles. The van der Waals surface area contributed by atoms with Crippen molar-refractivity contribution in [3.8, 4) is 28.0 Å². The fraction of sp³-hybridized carbons (Fsp3) is 0. The van der Waals surface area contributed by atoms with Gasteiger partial charge in [-0.3, -0.25) is 0 Å².